The van der Waals surface area contributed by atoms with Gasteiger partial charge < -0.3 is 19.6 Å². The first kappa shape index (κ1) is 22.3. The van der Waals surface area contributed by atoms with Gasteiger partial charge in [-0.25, -0.2) is 8.42 Å². The Morgan fingerprint density at radius 1 is 1.03 bits per heavy atom. The molecule has 1 aliphatic rings. The number of aromatic nitrogens is 1. The number of ether oxygens (including phenoxy) is 2. The van der Waals surface area contributed by atoms with Gasteiger partial charge >= 0.3 is 0 Å². The summed E-state index contributed by atoms with van der Waals surface area (Å²) in [5, 5.41) is 10.2. The molecular formula is C23H26N2O6S. The molecule has 9 heteroatoms. The third-order valence-corrected chi connectivity index (χ3v) is 7.43. The van der Waals surface area contributed by atoms with Crippen molar-refractivity contribution in [1.82, 2.24) is 9.29 Å². The van der Waals surface area contributed by atoms with Crippen LogP contribution in [0.4, 0.5) is 0 Å². The van der Waals surface area contributed by atoms with Crippen LogP contribution in [0.25, 0.3) is 10.9 Å². The lowest BCUT2D eigenvalue weighted by Gasteiger charge is -2.24. The van der Waals surface area contributed by atoms with E-state index in [2.05, 4.69) is 4.98 Å². The lowest BCUT2D eigenvalue weighted by Crippen LogP contribution is -2.34. The van der Waals surface area contributed by atoms with Gasteiger partial charge in [0.05, 0.1) is 10.4 Å². The third-order valence-electron chi connectivity index (χ3n) is 5.58. The summed E-state index contributed by atoms with van der Waals surface area (Å²) in [6, 6.07) is 10.1. The Morgan fingerprint density at radius 3 is 2.50 bits per heavy atom. The van der Waals surface area contributed by atoms with Crippen LogP contribution in [-0.4, -0.2) is 49.2 Å². The Labute approximate surface area is 186 Å². The molecule has 0 atom stereocenters. The first-order valence-corrected chi connectivity index (χ1v) is 11.9. The summed E-state index contributed by atoms with van der Waals surface area (Å²) >= 11 is 0. The van der Waals surface area contributed by atoms with Crippen molar-refractivity contribution in [3.05, 3.63) is 63.4 Å². The number of aliphatic hydroxyl groups is 1. The Hall–Kier alpha value is -2.88. The number of sulfonamides is 1. The van der Waals surface area contributed by atoms with Crippen molar-refractivity contribution in [2.45, 2.75) is 31.7 Å². The van der Waals surface area contributed by atoms with E-state index in [4.69, 9.17) is 9.47 Å². The molecule has 0 saturated carbocycles. The number of aryl methyl sites for hydroxylation is 2. The maximum Gasteiger partial charge on any atom is 0.252 e. The van der Waals surface area contributed by atoms with E-state index in [1.165, 1.54) is 16.4 Å². The number of hydrogen-bond acceptors (Lipinski definition) is 6. The molecule has 2 N–H and O–H groups in total. The van der Waals surface area contributed by atoms with Gasteiger partial charge in [-0.2, -0.15) is 4.31 Å². The van der Waals surface area contributed by atoms with E-state index in [1.54, 1.807) is 12.1 Å². The molecule has 0 aliphatic carbocycles. The predicted octanol–water partition coefficient (Wildman–Crippen LogP) is 2.49. The average Bonchev–Trinajstić information content (AvgIpc) is 2.79. The lowest BCUT2D eigenvalue weighted by atomic mass is 10.0. The fourth-order valence-corrected chi connectivity index (χ4v) is 5.26. The number of pyridine rings is 1. The van der Waals surface area contributed by atoms with Crippen molar-refractivity contribution in [3.63, 3.8) is 0 Å². The minimum absolute atomic E-state index is 0.0453. The molecule has 0 unspecified atom stereocenters. The van der Waals surface area contributed by atoms with Crippen LogP contribution >= 0.6 is 0 Å². The highest BCUT2D eigenvalue weighted by molar-refractivity contribution is 7.89. The van der Waals surface area contributed by atoms with Crippen LogP contribution < -0.4 is 15.0 Å². The SMILES string of the molecule is Cc1ccc(C)c2[nH]c(=O)c(CN(CCCO)S(=O)(=O)c3ccc4c(c3)OCCO4)cc12. The van der Waals surface area contributed by atoms with Crippen molar-refractivity contribution < 1.29 is 23.0 Å². The topological polar surface area (TPSA) is 109 Å². The highest BCUT2D eigenvalue weighted by atomic mass is 32.2. The zero-order chi connectivity index (χ0) is 22.9. The Balaban J connectivity index is 1.74. The van der Waals surface area contributed by atoms with Gasteiger partial charge in [0.1, 0.15) is 13.2 Å². The van der Waals surface area contributed by atoms with Gasteiger partial charge in [-0.05, 0) is 49.6 Å². The average molecular weight is 459 g/mol. The monoisotopic (exact) mass is 458 g/mol. The number of aromatic amines is 1. The minimum Gasteiger partial charge on any atom is -0.486 e. The number of H-pyrrole nitrogens is 1. The van der Waals surface area contributed by atoms with Gasteiger partial charge in [0, 0.05) is 36.7 Å². The standard InChI is InChI=1S/C23H26N2O6S/c1-15-4-5-16(2)22-19(15)12-17(23(27)24-22)14-25(8-3-9-26)32(28,29)18-6-7-20-21(13-18)31-11-10-30-20/h4-7,12-13,26H,3,8-11,14H2,1-2H3,(H,24,27). The smallest absolute Gasteiger partial charge is 0.252 e. The van der Waals surface area contributed by atoms with Gasteiger partial charge in [-0.1, -0.05) is 12.1 Å². The van der Waals surface area contributed by atoms with Crippen LogP contribution in [0.15, 0.2) is 46.1 Å². The summed E-state index contributed by atoms with van der Waals surface area (Å²) in [4.78, 5) is 15.7. The molecule has 0 bridgehead atoms. The molecule has 0 radical (unpaired) electrons. The molecule has 8 nitrogen and oxygen atoms in total. The molecule has 170 valence electrons. The van der Waals surface area contributed by atoms with Crippen LogP contribution in [0.2, 0.25) is 0 Å². The van der Waals surface area contributed by atoms with E-state index in [1.807, 2.05) is 26.0 Å². The molecule has 0 amide bonds. The van der Waals surface area contributed by atoms with Crippen LogP contribution in [0.5, 0.6) is 11.5 Å². The van der Waals surface area contributed by atoms with Crippen molar-refractivity contribution in [2.75, 3.05) is 26.4 Å². The molecule has 2 aromatic carbocycles. The zero-order valence-corrected chi connectivity index (χ0v) is 18.9. The molecule has 2 heterocycles. The molecule has 3 aromatic rings. The van der Waals surface area contributed by atoms with Crippen LogP contribution in [-0.2, 0) is 16.6 Å². The second-order valence-electron chi connectivity index (χ2n) is 7.83. The van der Waals surface area contributed by atoms with Gasteiger partial charge in [-0.3, -0.25) is 4.79 Å². The molecule has 1 aromatic heterocycles. The Kier molecular flexibility index (Phi) is 6.23. The summed E-state index contributed by atoms with van der Waals surface area (Å²) in [6.07, 6.45) is 0.243. The van der Waals surface area contributed by atoms with E-state index in [-0.39, 0.29) is 36.6 Å². The second kappa shape index (κ2) is 8.93. The van der Waals surface area contributed by atoms with E-state index in [9.17, 15) is 18.3 Å². The van der Waals surface area contributed by atoms with E-state index in [0.29, 0.717) is 30.3 Å². The molecular weight excluding hydrogens is 432 g/mol. The summed E-state index contributed by atoms with van der Waals surface area (Å²) in [5.41, 5.74) is 2.67. The summed E-state index contributed by atoms with van der Waals surface area (Å²) in [6.45, 7) is 4.39. The summed E-state index contributed by atoms with van der Waals surface area (Å²) < 4.78 is 39.1. The van der Waals surface area contributed by atoms with E-state index < -0.39 is 10.0 Å². The normalized spacial score (nSPS) is 13.6. The molecule has 0 saturated heterocycles. The first-order chi connectivity index (χ1) is 15.3. The lowest BCUT2D eigenvalue weighted by molar-refractivity contribution is 0.171. The Morgan fingerprint density at radius 2 is 1.75 bits per heavy atom. The number of benzene rings is 2. The van der Waals surface area contributed by atoms with E-state index in [0.717, 1.165) is 22.0 Å². The summed E-state index contributed by atoms with van der Waals surface area (Å²) in [5.74, 6) is 0.864. The predicted molar refractivity (Wildman–Crippen MR) is 121 cm³/mol. The van der Waals surface area contributed by atoms with Crippen molar-refractivity contribution in [3.8, 4) is 11.5 Å². The van der Waals surface area contributed by atoms with Crippen LogP contribution in [0.3, 0.4) is 0 Å². The number of rotatable bonds is 7. The number of nitrogens with one attached hydrogen (secondary N) is 1. The van der Waals surface area contributed by atoms with Gasteiger partial charge in [0.2, 0.25) is 10.0 Å². The molecule has 0 fully saturated rings. The zero-order valence-electron chi connectivity index (χ0n) is 18.1. The first-order valence-electron chi connectivity index (χ1n) is 10.4. The quantitative estimate of drug-likeness (QED) is 0.563. The van der Waals surface area contributed by atoms with Gasteiger partial charge in [0.25, 0.3) is 5.56 Å². The second-order valence-corrected chi connectivity index (χ2v) is 9.77. The fourth-order valence-electron chi connectivity index (χ4n) is 3.79. The Bertz CT molecular complexity index is 1320. The van der Waals surface area contributed by atoms with E-state index >= 15 is 0 Å². The van der Waals surface area contributed by atoms with Gasteiger partial charge in [-0.15, -0.1) is 0 Å². The molecule has 0 spiro atoms. The summed E-state index contributed by atoms with van der Waals surface area (Å²) in [7, 11) is -3.96. The maximum absolute atomic E-state index is 13.5. The largest absolute Gasteiger partial charge is 0.486 e. The third kappa shape index (κ3) is 4.23. The van der Waals surface area contributed by atoms with Gasteiger partial charge in [0.15, 0.2) is 11.5 Å². The number of fused-ring (bicyclic) bond motifs is 2. The molecule has 32 heavy (non-hydrogen) atoms. The van der Waals surface area contributed by atoms with Crippen LogP contribution in [0, 0.1) is 13.8 Å². The molecule has 1 aliphatic heterocycles. The highest BCUT2D eigenvalue weighted by Crippen LogP contribution is 2.33. The fraction of sp³-hybridized carbons (Fsp3) is 0.348. The molecule has 4 rings (SSSR count). The maximum atomic E-state index is 13.5. The van der Waals surface area contributed by atoms with Crippen molar-refractivity contribution >= 4 is 20.9 Å². The highest BCUT2D eigenvalue weighted by Gasteiger charge is 2.27. The van der Waals surface area contributed by atoms with Crippen molar-refractivity contribution in [1.29, 1.82) is 0 Å². The van der Waals surface area contributed by atoms with Crippen LogP contribution in [0.1, 0.15) is 23.1 Å². The van der Waals surface area contributed by atoms with Crippen molar-refractivity contribution in [2.24, 2.45) is 0 Å². The minimum atomic E-state index is -3.96. The number of hydrogen-bond donors (Lipinski definition) is 2. The number of aliphatic hydroxyl groups excluding tert-OH is 1. The number of nitrogens with zero attached hydrogens (tertiary/aromatic N) is 1.